The van der Waals surface area contributed by atoms with Crippen molar-refractivity contribution >= 4 is 23.3 Å². The van der Waals surface area contributed by atoms with E-state index in [1.54, 1.807) is 23.1 Å². The van der Waals surface area contributed by atoms with Crippen LogP contribution in [0.3, 0.4) is 0 Å². The summed E-state index contributed by atoms with van der Waals surface area (Å²) < 4.78 is 13.8. The molecule has 4 nitrogen and oxygen atoms in total. The highest BCUT2D eigenvalue weighted by Crippen LogP contribution is 2.20. The van der Waals surface area contributed by atoms with E-state index in [4.69, 9.17) is 11.6 Å². The van der Waals surface area contributed by atoms with Gasteiger partial charge in [0.05, 0.1) is 5.69 Å². The minimum absolute atomic E-state index is 0.108. The van der Waals surface area contributed by atoms with Gasteiger partial charge in [-0.05, 0) is 29.8 Å². The first-order valence-corrected chi connectivity index (χ1v) is 8.28. The van der Waals surface area contributed by atoms with Gasteiger partial charge in [-0.3, -0.25) is 0 Å². The van der Waals surface area contributed by atoms with Gasteiger partial charge in [0.15, 0.2) is 0 Å². The molecule has 2 aromatic rings. The second-order valence-corrected chi connectivity index (χ2v) is 6.15. The molecule has 0 spiro atoms. The summed E-state index contributed by atoms with van der Waals surface area (Å²) in [4.78, 5) is 16.0. The molecule has 6 heteroatoms. The molecule has 24 heavy (non-hydrogen) atoms. The number of nitrogens with one attached hydrogen (secondary N) is 1. The average molecular weight is 348 g/mol. The van der Waals surface area contributed by atoms with Crippen LogP contribution in [0.4, 0.5) is 14.9 Å². The van der Waals surface area contributed by atoms with E-state index in [0.29, 0.717) is 43.4 Å². The lowest BCUT2D eigenvalue weighted by Crippen LogP contribution is -2.51. The highest BCUT2D eigenvalue weighted by molar-refractivity contribution is 6.30. The molecule has 0 saturated carbocycles. The van der Waals surface area contributed by atoms with Crippen LogP contribution in [0.15, 0.2) is 48.5 Å². The molecular weight excluding hydrogens is 329 g/mol. The summed E-state index contributed by atoms with van der Waals surface area (Å²) in [6, 6.07) is 14.0. The first kappa shape index (κ1) is 16.6. The largest absolute Gasteiger partial charge is 0.366 e. The van der Waals surface area contributed by atoms with Gasteiger partial charge in [-0.15, -0.1) is 0 Å². The van der Waals surface area contributed by atoms with Crippen molar-refractivity contribution < 1.29 is 9.18 Å². The normalized spacial score (nSPS) is 14.6. The lowest BCUT2D eigenvalue weighted by atomic mass is 10.2. The maximum atomic E-state index is 13.8. The Morgan fingerprint density at radius 1 is 1.08 bits per heavy atom. The molecule has 1 aliphatic rings. The third kappa shape index (κ3) is 3.97. The van der Waals surface area contributed by atoms with Gasteiger partial charge in [-0.1, -0.05) is 35.9 Å². The van der Waals surface area contributed by atoms with Crippen LogP contribution >= 0.6 is 11.6 Å². The van der Waals surface area contributed by atoms with E-state index in [2.05, 4.69) is 5.32 Å². The lowest BCUT2D eigenvalue weighted by Gasteiger charge is -2.36. The molecule has 1 aliphatic heterocycles. The summed E-state index contributed by atoms with van der Waals surface area (Å²) in [5.41, 5.74) is 1.55. The Bertz CT molecular complexity index is 717. The Labute approximate surface area is 145 Å². The van der Waals surface area contributed by atoms with Crippen molar-refractivity contribution in [3.05, 3.63) is 64.9 Å². The number of hydrogen-bond acceptors (Lipinski definition) is 2. The summed E-state index contributed by atoms with van der Waals surface area (Å²) in [6.45, 7) is 2.80. The fourth-order valence-electron chi connectivity index (χ4n) is 2.80. The van der Waals surface area contributed by atoms with E-state index < -0.39 is 0 Å². The van der Waals surface area contributed by atoms with Crippen LogP contribution in [0.5, 0.6) is 0 Å². The second kappa shape index (κ2) is 7.53. The van der Waals surface area contributed by atoms with Crippen LogP contribution in [0.2, 0.25) is 5.02 Å². The monoisotopic (exact) mass is 347 g/mol. The predicted octanol–water partition coefficient (Wildman–Crippen LogP) is 3.51. The third-order valence-corrected chi connectivity index (χ3v) is 4.33. The highest BCUT2D eigenvalue weighted by Gasteiger charge is 2.22. The molecule has 3 rings (SSSR count). The Hall–Kier alpha value is -2.27. The molecule has 126 valence electrons. The number of halogens is 2. The molecule has 0 aromatic heterocycles. The molecule has 2 amide bonds. The van der Waals surface area contributed by atoms with E-state index in [0.717, 1.165) is 5.56 Å². The summed E-state index contributed by atoms with van der Waals surface area (Å²) in [6.07, 6.45) is 0. The zero-order chi connectivity index (χ0) is 16.9. The van der Waals surface area contributed by atoms with E-state index in [1.807, 2.05) is 29.2 Å². The van der Waals surface area contributed by atoms with Gasteiger partial charge >= 0.3 is 6.03 Å². The summed E-state index contributed by atoms with van der Waals surface area (Å²) in [7, 11) is 0. The lowest BCUT2D eigenvalue weighted by molar-refractivity contribution is 0.194. The Balaban J connectivity index is 1.51. The molecule has 1 fully saturated rings. The van der Waals surface area contributed by atoms with Crippen molar-refractivity contribution in [2.45, 2.75) is 6.54 Å². The summed E-state index contributed by atoms with van der Waals surface area (Å²) in [5.74, 6) is -0.226. The molecule has 2 aromatic carbocycles. The molecule has 0 bridgehead atoms. The minimum Gasteiger partial charge on any atom is -0.366 e. The zero-order valence-electron chi connectivity index (χ0n) is 13.2. The van der Waals surface area contributed by atoms with Gasteiger partial charge < -0.3 is 15.1 Å². The molecular formula is C18H19ClFN3O. The van der Waals surface area contributed by atoms with E-state index >= 15 is 0 Å². The maximum absolute atomic E-state index is 13.8. The zero-order valence-corrected chi connectivity index (χ0v) is 14.0. The number of carbonyl (C=O) groups excluding carboxylic acids is 1. The number of anilines is 1. The van der Waals surface area contributed by atoms with Gasteiger partial charge in [-0.2, -0.15) is 0 Å². The number of para-hydroxylation sites is 1. The topological polar surface area (TPSA) is 35.6 Å². The van der Waals surface area contributed by atoms with Gasteiger partial charge in [-0.25, -0.2) is 9.18 Å². The standard InChI is InChI=1S/C18H19ClFN3O/c19-15-5-3-4-14(12-15)13-21-18(24)23-10-8-22(9-11-23)17-7-2-1-6-16(17)20/h1-7,12H,8-11,13H2,(H,21,24). The van der Waals surface area contributed by atoms with E-state index in [9.17, 15) is 9.18 Å². The predicted molar refractivity (Wildman–Crippen MR) is 93.9 cm³/mol. The molecule has 0 radical (unpaired) electrons. The highest BCUT2D eigenvalue weighted by atomic mass is 35.5. The van der Waals surface area contributed by atoms with Gasteiger partial charge in [0.25, 0.3) is 0 Å². The van der Waals surface area contributed by atoms with Crippen molar-refractivity contribution in [2.24, 2.45) is 0 Å². The van der Waals surface area contributed by atoms with Crippen molar-refractivity contribution in [3.63, 3.8) is 0 Å². The van der Waals surface area contributed by atoms with Crippen molar-refractivity contribution in [3.8, 4) is 0 Å². The Morgan fingerprint density at radius 3 is 2.54 bits per heavy atom. The maximum Gasteiger partial charge on any atom is 0.317 e. The molecule has 1 saturated heterocycles. The number of urea groups is 1. The molecule has 0 aliphatic carbocycles. The van der Waals surface area contributed by atoms with Gasteiger partial charge in [0.2, 0.25) is 0 Å². The van der Waals surface area contributed by atoms with Crippen LogP contribution < -0.4 is 10.2 Å². The number of piperazine rings is 1. The van der Waals surface area contributed by atoms with Gasteiger partial charge in [0, 0.05) is 37.7 Å². The molecule has 0 atom stereocenters. The van der Waals surface area contributed by atoms with Crippen LogP contribution in [0, 0.1) is 5.82 Å². The van der Waals surface area contributed by atoms with Crippen LogP contribution in [0.25, 0.3) is 0 Å². The van der Waals surface area contributed by atoms with Crippen LogP contribution in [0.1, 0.15) is 5.56 Å². The Morgan fingerprint density at radius 2 is 1.83 bits per heavy atom. The average Bonchev–Trinajstić information content (AvgIpc) is 2.60. The number of rotatable bonds is 3. The number of hydrogen-bond donors (Lipinski definition) is 1. The van der Waals surface area contributed by atoms with E-state index in [1.165, 1.54) is 6.07 Å². The first-order valence-electron chi connectivity index (χ1n) is 7.90. The van der Waals surface area contributed by atoms with Gasteiger partial charge in [0.1, 0.15) is 5.82 Å². The molecule has 0 unspecified atom stereocenters. The number of amides is 2. The molecule has 1 heterocycles. The summed E-state index contributed by atoms with van der Waals surface area (Å²) >= 11 is 5.94. The minimum atomic E-state index is -0.226. The first-order chi connectivity index (χ1) is 11.6. The number of nitrogens with zero attached hydrogens (tertiary/aromatic N) is 2. The smallest absolute Gasteiger partial charge is 0.317 e. The van der Waals surface area contributed by atoms with Crippen molar-refractivity contribution in [1.82, 2.24) is 10.2 Å². The third-order valence-electron chi connectivity index (χ3n) is 4.09. The van der Waals surface area contributed by atoms with Crippen molar-refractivity contribution in [1.29, 1.82) is 0 Å². The Kier molecular flexibility index (Phi) is 5.20. The SMILES string of the molecule is O=C(NCc1cccc(Cl)c1)N1CCN(c2ccccc2F)CC1. The fraction of sp³-hybridized carbons (Fsp3) is 0.278. The van der Waals surface area contributed by atoms with E-state index in [-0.39, 0.29) is 11.8 Å². The molecule has 1 N–H and O–H groups in total. The summed E-state index contributed by atoms with van der Waals surface area (Å²) in [5, 5.41) is 3.55. The number of carbonyl (C=O) groups is 1. The fourth-order valence-corrected chi connectivity index (χ4v) is 3.01. The van der Waals surface area contributed by atoms with Crippen LogP contribution in [-0.4, -0.2) is 37.1 Å². The second-order valence-electron chi connectivity index (χ2n) is 5.71. The quantitative estimate of drug-likeness (QED) is 0.922. The van der Waals surface area contributed by atoms with Crippen molar-refractivity contribution in [2.75, 3.05) is 31.1 Å². The number of benzene rings is 2. The van der Waals surface area contributed by atoms with Crippen LogP contribution in [-0.2, 0) is 6.54 Å².